The van der Waals surface area contributed by atoms with Crippen LogP contribution in [0.5, 0.6) is 0 Å². The molecule has 1 rings (SSSR count). The van der Waals surface area contributed by atoms with Gasteiger partial charge >= 0.3 is 0 Å². The minimum Gasteiger partial charge on any atom is -0.330 e. The summed E-state index contributed by atoms with van der Waals surface area (Å²) in [6, 6.07) is 8.42. The predicted molar refractivity (Wildman–Crippen MR) is 82.9 cm³/mol. The molecular weight excluding hydrogens is 288 g/mol. The minimum absolute atomic E-state index is 0.102. The van der Waals surface area contributed by atoms with Crippen molar-refractivity contribution >= 4 is 15.9 Å². The largest absolute Gasteiger partial charge is 0.330 e. The van der Waals surface area contributed by atoms with E-state index in [1.54, 1.807) is 0 Å². The molecule has 0 fully saturated rings. The molecule has 3 N–H and O–H groups in total. The topological polar surface area (TPSA) is 38.0 Å². The molecule has 1 aromatic rings. The number of halogens is 1. The van der Waals surface area contributed by atoms with Crippen molar-refractivity contribution < 1.29 is 0 Å². The van der Waals surface area contributed by atoms with E-state index < -0.39 is 0 Å². The highest BCUT2D eigenvalue weighted by atomic mass is 79.9. The van der Waals surface area contributed by atoms with Gasteiger partial charge in [-0.3, -0.25) is 0 Å². The van der Waals surface area contributed by atoms with Crippen LogP contribution >= 0.6 is 15.9 Å². The van der Waals surface area contributed by atoms with Crippen molar-refractivity contribution in [2.45, 2.75) is 33.1 Å². The number of nitrogens with one attached hydrogen (secondary N) is 1. The van der Waals surface area contributed by atoms with Gasteiger partial charge in [0, 0.05) is 23.0 Å². The Bertz CT molecular complexity index is 386. The van der Waals surface area contributed by atoms with Crippen LogP contribution in [-0.4, -0.2) is 19.6 Å². The van der Waals surface area contributed by atoms with E-state index in [4.69, 9.17) is 5.73 Å². The fourth-order valence-corrected chi connectivity index (χ4v) is 2.71. The molecule has 102 valence electrons. The quantitative estimate of drug-likeness (QED) is 0.846. The lowest BCUT2D eigenvalue weighted by Crippen LogP contribution is -2.41. The molecule has 18 heavy (non-hydrogen) atoms. The third-order valence-electron chi connectivity index (χ3n) is 3.33. The lowest BCUT2D eigenvalue weighted by atomic mass is 9.84. The standard InChI is InChI=1S/C15H25BrN2/c1-14(2,9-17)10-18-11-15(3,4)12-7-5-6-8-13(12)16/h5-8,18H,9-11,17H2,1-4H3. The monoisotopic (exact) mass is 312 g/mol. The number of hydrogen-bond donors (Lipinski definition) is 2. The van der Waals surface area contributed by atoms with Crippen molar-refractivity contribution in [1.82, 2.24) is 5.32 Å². The number of hydrogen-bond acceptors (Lipinski definition) is 2. The Morgan fingerprint density at radius 3 is 2.28 bits per heavy atom. The van der Waals surface area contributed by atoms with Crippen LogP contribution in [-0.2, 0) is 5.41 Å². The first-order valence-corrected chi connectivity index (χ1v) is 7.24. The third kappa shape index (κ3) is 4.38. The van der Waals surface area contributed by atoms with E-state index in [-0.39, 0.29) is 10.8 Å². The summed E-state index contributed by atoms with van der Waals surface area (Å²) < 4.78 is 1.18. The molecular formula is C15H25BrN2. The van der Waals surface area contributed by atoms with Crippen molar-refractivity contribution in [3.05, 3.63) is 34.3 Å². The van der Waals surface area contributed by atoms with Crippen LogP contribution in [0.2, 0.25) is 0 Å². The zero-order valence-electron chi connectivity index (χ0n) is 11.9. The summed E-state index contributed by atoms with van der Waals surface area (Å²) in [5.41, 5.74) is 7.34. The van der Waals surface area contributed by atoms with Gasteiger partial charge in [-0.25, -0.2) is 0 Å². The molecule has 2 nitrogen and oxygen atoms in total. The highest BCUT2D eigenvalue weighted by Gasteiger charge is 2.24. The molecule has 0 bridgehead atoms. The molecule has 1 aromatic carbocycles. The van der Waals surface area contributed by atoms with E-state index in [0.717, 1.165) is 13.1 Å². The van der Waals surface area contributed by atoms with E-state index >= 15 is 0 Å². The first-order valence-electron chi connectivity index (χ1n) is 6.44. The molecule has 0 spiro atoms. The molecule has 0 radical (unpaired) electrons. The molecule has 0 unspecified atom stereocenters. The van der Waals surface area contributed by atoms with Gasteiger partial charge in [-0.05, 0) is 23.6 Å². The van der Waals surface area contributed by atoms with Gasteiger partial charge in [0.2, 0.25) is 0 Å². The van der Waals surface area contributed by atoms with Crippen LogP contribution in [0, 0.1) is 5.41 Å². The maximum absolute atomic E-state index is 5.74. The summed E-state index contributed by atoms with van der Waals surface area (Å²) in [6.45, 7) is 11.5. The first kappa shape index (κ1) is 15.7. The summed E-state index contributed by atoms with van der Waals surface area (Å²) in [5, 5.41) is 3.54. The fraction of sp³-hybridized carbons (Fsp3) is 0.600. The second-order valence-corrected chi connectivity index (χ2v) is 7.19. The van der Waals surface area contributed by atoms with Gasteiger partial charge in [-0.2, -0.15) is 0 Å². The molecule has 0 amide bonds. The molecule has 0 atom stereocenters. The van der Waals surface area contributed by atoms with Crippen LogP contribution < -0.4 is 11.1 Å². The van der Waals surface area contributed by atoms with Crippen molar-refractivity contribution in [1.29, 1.82) is 0 Å². The lowest BCUT2D eigenvalue weighted by Gasteiger charge is -2.30. The SMILES string of the molecule is CC(C)(CN)CNCC(C)(C)c1ccccc1Br. The molecule has 0 saturated heterocycles. The number of rotatable bonds is 6. The van der Waals surface area contributed by atoms with E-state index in [2.05, 4.69) is 73.2 Å². The Labute approximate surface area is 119 Å². The van der Waals surface area contributed by atoms with Gasteiger partial charge in [-0.15, -0.1) is 0 Å². The maximum Gasteiger partial charge on any atom is 0.0213 e. The summed E-state index contributed by atoms with van der Waals surface area (Å²) in [6.07, 6.45) is 0. The molecule has 0 aliphatic rings. The van der Waals surface area contributed by atoms with Crippen molar-refractivity contribution in [3.8, 4) is 0 Å². The normalized spacial score (nSPS) is 12.8. The second-order valence-electron chi connectivity index (χ2n) is 6.34. The number of nitrogens with two attached hydrogens (primary N) is 1. The van der Waals surface area contributed by atoms with E-state index in [9.17, 15) is 0 Å². The molecule has 0 saturated carbocycles. The highest BCUT2D eigenvalue weighted by Crippen LogP contribution is 2.29. The van der Waals surface area contributed by atoms with Crippen LogP contribution in [0.1, 0.15) is 33.3 Å². The van der Waals surface area contributed by atoms with E-state index in [1.807, 2.05) is 0 Å². The lowest BCUT2D eigenvalue weighted by molar-refractivity contribution is 0.332. The van der Waals surface area contributed by atoms with Crippen molar-refractivity contribution in [2.24, 2.45) is 11.1 Å². The second kappa shape index (κ2) is 6.18. The van der Waals surface area contributed by atoms with Crippen LogP contribution in [0.4, 0.5) is 0 Å². The van der Waals surface area contributed by atoms with Gasteiger partial charge in [0.05, 0.1) is 0 Å². The van der Waals surface area contributed by atoms with Crippen LogP contribution in [0.25, 0.3) is 0 Å². The Morgan fingerprint density at radius 1 is 1.11 bits per heavy atom. The smallest absolute Gasteiger partial charge is 0.0213 e. The molecule has 0 aliphatic heterocycles. The first-order chi connectivity index (χ1) is 8.28. The maximum atomic E-state index is 5.74. The molecule has 0 aromatic heterocycles. The average Bonchev–Trinajstić information content (AvgIpc) is 2.29. The van der Waals surface area contributed by atoms with Crippen LogP contribution in [0.3, 0.4) is 0 Å². The summed E-state index contributed by atoms with van der Waals surface area (Å²) >= 11 is 3.63. The predicted octanol–water partition coefficient (Wildman–Crippen LogP) is 3.30. The zero-order valence-corrected chi connectivity index (χ0v) is 13.5. The number of benzene rings is 1. The van der Waals surface area contributed by atoms with E-state index in [1.165, 1.54) is 10.0 Å². The van der Waals surface area contributed by atoms with Gasteiger partial charge in [0.1, 0.15) is 0 Å². The van der Waals surface area contributed by atoms with Crippen molar-refractivity contribution in [2.75, 3.05) is 19.6 Å². The summed E-state index contributed by atoms with van der Waals surface area (Å²) in [4.78, 5) is 0. The van der Waals surface area contributed by atoms with Crippen LogP contribution in [0.15, 0.2) is 28.7 Å². The average molecular weight is 313 g/mol. The molecule has 0 aliphatic carbocycles. The Morgan fingerprint density at radius 2 is 1.72 bits per heavy atom. The summed E-state index contributed by atoms with van der Waals surface area (Å²) in [7, 11) is 0. The summed E-state index contributed by atoms with van der Waals surface area (Å²) in [5.74, 6) is 0. The Hall–Kier alpha value is -0.380. The minimum atomic E-state index is 0.102. The van der Waals surface area contributed by atoms with Gasteiger partial charge < -0.3 is 11.1 Å². The van der Waals surface area contributed by atoms with Crippen molar-refractivity contribution in [3.63, 3.8) is 0 Å². The van der Waals surface area contributed by atoms with Gasteiger partial charge in [0.15, 0.2) is 0 Å². The Kier molecular flexibility index (Phi) is 5.38. The van der Waals surface area contributed by atoms with Gasteiger partial charge in [-0.1, -0.05) is 61.8 Å². The van der Waals surface area contributed by atoms with E-state index in [0.29, 0.717) is 6.54 Å². The van der Waals surface area contributed by atoms with Gasteiger partial charge in [0.25, 0.3) is 0 Å². The molecule has 3 heteroatoms. The third-order valence-corrected chi connectivity index (χ3v) is 4.02. The highest BCUT2D eigenvalue weighted by molar-refractivity contribution is 9.10. The zero-order chi connectivity index (χ0) is 13.8. The Balaban J connectivity index is 2.63. The fourth-order valence-electron chi connectivity index (χ4n) is 1.89. The molecule has 0 heterocycles.